The third-order valence-corrected chi connectivity index (χ3v) is 2.46. The van der Waals surface area contributed by atoms with Crippen molar-refractivity contribution in [1.82, 2.24) is 9.97 Å². The lowest BCUT2D eigenvalue weighted by Crippen LogP contribution is -1.97. The average Bonchev–Trinajstić information content (AvgIpc) is 2.27. The number of anilines is 1. The van der Waals surface area contributed by atoms with E-state index in [0.29, 0.717) is 16.7 Å². The maximum atomic E-state index is 5.91. The smallest absolute Gasteiger partial charge is 0.262 e. The van der Waals surface area contributed by atoms with Crippen molar-refractivity contribution < 1.29 is 4.74 Å². The van der Waals surface area contributed by atoms with E-state index in [9.17, 15) is 0 Å². The Labute approximate surface area is 98.0 Å². The van der Waals surface area contributed by atoms with Crippen LogP contribution in [-0.2, 0) is 0 Å². The monoisotopic (exact) mass is 235 g/mol. The zero-order chi connectivity index (χ0) is 11.5. The van der Waals surface area contributed by atoms with Crippen LogP contribution >= 0.6 is 11.6 Å². The molecule has 5 heteroatoms. The Balaban J connectivity index is 2.28. The van der Waals surface area contributed by atoms with E-state index in [0.717, 1.165) is 5.56 Å². The number of rotatable bonds is 2. The molecule has 2 N–H and O–H groups in total. The number of nitrogens with two attached hydrogens (primary N) is 1. The van der Waals surface area contributed by atoms with Crippen molar-refractivity contribution in [2.45, 2.75) is 6.92 Å². The highest BCUT2D eigenvalue weighted by molar-refractivity contribution is 6.31. The summed E-state index contributed by atoms with van der Waals surface area (Å²) in [6.45, 7) is 1.90. The van der Waals surface area contributed by atoms with Gasteiger partial charge >= 0.3 is 0 Å². The van der Waals surface area contributed by atoms with Crippen LogP contribution in [0.25, 0.3) is 0 Å². The topological polar surface area (TPSA) is 61.0 Å². The molecule has 0 atom stereocenters. The molecule has 0 spiro atoms. The van der Waals surface area contributed by atoms with Gasteiger partial charge in [-0.25, -0.2) is 9.97 Å². The number of benzene rings is 1. The minimum absolute atomic E-state index is 0.259. The molecule has 82 valence electrons. The van der Waals surface area contributed by atoms with Gasteiger partial charge in [-0.3, -0.25) is 0 Å². The van der Waals surface area contributed by atoms with Gasteiger partial charge in [0, 0.05) is 17.4 Å². The zero-order valence-corrected chi connectivity index (χ0v) is 9.40. The Bertz CT molecular complexity index is 516. The third kappa shape index (κ3) is 2.23. The average molecular weight is 236 g/mol. The van der Waals surface area contributed by atoms with E-state index >= 15 is 0 Å². The van der Waals surface area contributed by atoms with E-state index < -0.39 is 0 Å². The second-order valence-electron chi connectivity index (χ2n) is 3.26. The lowest BCUT2D eigenvalue weighted by atomic mass is 10.2. The summed E-state index contributed by atoms with van der Waals surface area (Å²) in [4.78, 5) is 7.86. The summed E-state index contributed by atoms with van der Waals surface area (Å²) in [5.74, 6) is 1.19. The summed E-state index contributed by atoms with van der Waals surface area (Å²) < 4.78 is 5.49. The number of nitrogen functional groups attached to an aromatic ring is 1. The van der Waals surface area contributed by atoms with E-state index in [1.807, 2.05) is 13.0 Å². The summed E-state index contributed by atoms with van der Waals surface area (Å²) in [6, 6.07) is 5.33. The van der Waals surface area contributed by atoms with E-state index in [2.05, 4.69) is 9.97 Å². The van der Waals surface area contributed by atoms with Gasteiger partial charge in [0.05, 0.1) is 0 Å². The van der Waals surface area contributed by atoms with Crippen molar-refractivity contribution in [3.05, 3.63) is 41.2 Å². The van der Waals surface area contributed by atoms with Crippen LogP contribution in [0.15, 0.2) is 30.6 Å². The highest BCUT2D eigenvalue weighted by Crippen LogP contribution is 2.26. The first-order chi connectivity index (χ1) is 7.66. The second-order valence-corrected chi connectivity index (χ2v) is 3.67. The first-order valence-electron chi connectivity index (χ1n) is 4.67. The molecular weight excluding hydrogens is 226 g/mol. The van der Waals surface area contributed by atoms with Crippen LogP contribution in [0.4, 0.5) is 5.82 Å². The summed E-state index contributed by atoms with van der Waals surface area (Å²) in [7, 11) is 0. The van der Waals surface area contributed by atoms with Gasteiger partial charge in [0.15, 0.2) is 5.82 Å². The Kier molecular flexibility index (Phi) is 2.92. The number of nitrogens with zero attached hydrogens (tertiary/aromatic N) is 2. The molecule has 0 amide bonds. The molecule has 0 radical (unpaired) electrons. The van der Waals surface area contributed by atoms with Gasteiger partial charge in [0.25, 0.3) is 5.88 Å². The second kappa shape index (κ2) is 4.37. The molecule has 0 bridgehead atoms. The molecule has 1 aromatic carbocycles. The number of hydrogen-bond donors (Lipinski definition) is 1. The van der Waals surface area contributed by atoms with Gasteiger partial charge in [-0.1, -0.05) is 11.6 Å². The summed E-state index contributed by atoms with van der Waals surface area (Å²) in [6.07, 6.45) is 3.03. The Morgan fingerprint density at radius 1 is 1.25 bits per heavy atom. The Morgan fingerprint density at radius 2 is 2.00 bits per heavy atom. The predicted molar refractivity (Wildman–Crippen MR) is 62.7 cm³/mol. The minimum atomic E-state index is 0.259. The van der Waals surface area contributed by atoms with Crippen LogP contribution in [-0.4, -0.2) is 9.97 Å². The number of halogens is 1. The Morgan fingerprint density at radius 3 is 2.69 bits per heavy atom. The minimum Gasteiger partial charge on any atom is -0.436 e. The molecule has 0 aliphatic heterocycles. The standard InChI is InChI=1S/C11H10ClN3O/c1-7-6-8(2-3-9(7)12)16-11-10(13)14-4-5-15-11/h2-6H,1H3,(H2,13,14). The molecule has 2 aromatic rings. The fraction of sp³-hybridized carbons (Fsp3) is 0.0909. The van der Waals surface area contributed by atoms with Crippen molar-refractivity contribution in [2.24, 2.45) is 0 Å². The first-order valence-corrected chi connectivity index (χ1v) is 5.05. The molecule has 0 aliphatic rings. The maximum absolute atomic E-state index is 5.91. The zero-order valence-electron chi connectivity index (χ0n) is 8.64. The van der Waals surface area contributed by atoms with Gasteiger partial charge in [-0.2, -0.15) is 0 Å². The third-order valence-electron chi connectivity index (χ3n) is 2.04. The number of hydrogen-bond acceptors (Lipinski definition) is 4. The fourth-order valence-corrected chi connectivity index (χ4v) is 1.32. The number of ether oxygens (including phenoxy) is 1. The van der Waals surface area contributed by atoms with Gasteiger partial charge in [0.2, 0.25) is 0 Å². The van der Waals surface area contributed by atoms with E-state index in [4.69, 9.17) is 22.1 Å². The van der Waals surface area contributed by atoms with Gasteiger partial charge in [-0.15, -0.1) is 0 Å². The summed E-state index contributed by atoms with van der Waals surface area (Å²) in [5.41, 5.74) is 6.54. The van der Waals surface area contributed by atoms with Crippen molar-refractivity contribution >= 4 is 17.4 Å². The quantitative estimate of drug-likeness (QED) is 0.870. The SMILES string of the molecule is Cc1cc(Oc2nccnc2N)ccc1Cl. The maximum Gasteiger partial charge on any atom is 0.262 e. The van der Waals surface area contributed by atoms with Gasteiger partial charge in [-0.05, 0) is 30.7 Å². The van der Waals surface area contributed by atoms with E-state index in [-0.39, 0.29) is 5.82 Å². The summed E-state index contributed by atoms with van der Waals surface area (Å²) >= 11 is 5.91. The Hall–Kier alpha value is -1.81. The van der Waals surface area contributed by atoms with Crippen molar-refractivity contribution in [3.8, 4) is 11.6 Å². The van der Waals surface area contributed by atoms with Crippen LogP contribution in [0, 0.1) is 6.92 Å². The lowest BCUT2D eigenvalue weighted by Gasteiger charge is -2.07. The molecule has 16 heavy (non-hydrogen) atoms. The molecule has 0 saturated heterocycles. The largest absolute Gasteiger partial charge is 0.436 e. The lowest BCUT2D eigenvalue weighted by molar-refractivity contribution is 0.463. The number of aryl methyl sites for hydroxylation is 1. The normalized spacial score (nSPS) is 10.1. The highest BCUT2D eigenvalue weighted by atomic mass is 35.5. The van der Waals surface area contributed by atoms with E-state index in [1.54, 1.807) is 12.1 Å². The van der Waals surface area contributed by atoms with Gasteiger partial charge in [0.1, 0.15) is 5.75 Å². The van der Waals surface area contributed by atoms with E-state index in [1.165, 1.54) is 12.4 Å². The molecule has 0 unspecified atom stereocenters. The summed E-state index contributed by atoms with van der Waals surface area (Å²) in [5, 5.41) is 0.694. The molecule has 0 saturated carbocycles. The molecule has 1 heterocycles. The van der Waals surface area contributed by atoms with Crippen molar-refractivity contribution in [1.29, 1.82) is 0 Å². The van der Waals surface area contributed by atoms with Crippen LogP contribution in [0.3, 0.4) is 0 Å². The van der Waals surface area contributed by atoms with Crippen LogP contribution in [0.5, 0.6) is 11.6 Å². The van der Waals surface area contributed by atoms with Crippen LogP contribution in [0.1, 0.15) is 5.56 Å². The molecule has 4 nitrogen and oxygen atoms in total. The first kappa shape index (κ1) is 10.7. The van der Waals surface area contributed by atoms with Crippen LogP contribution < -0.4 is 10.5 Å². The molecule has 0 aliphatic carbocycles. The predicted octanol–water partition coefficient (Wildman–Crippen LogP) is 2.81. The number of aromatic nitrogens is 2. The fourth-order valence-electron chi connectivity index (χ4n) is 1.21. The molecular formula is C11H10ClN3O. The van der Waals surface area contributed by atoms with Crippen LogP contribution in [0.2, 0.25) is 5.02 Å². The molecule has 2 rings (SSSR count). The molecule has 0 fully saturated rings. The highest BCUT2D eigenvalue weighted by Gasteiger charge is 2.05. The molecule has 1 aromatic heterocycles. The van der Waals surface area contributed by atoms with Crippen molar-refractivity contribution in [3.63, 3.8) is 0 Å². The van der Waals surface area contributed by atoms with Crippen molar-refractivity contribution in [2.75, 3.05) is 5.73 Å². The van der Waals surface area contributed by atoms with Gasteiger partial charge < -0.3 is 10.5 Å².